The van der Waals surface area contributed by atoms with E-state index in [2.05, 4.69) is 57.3 Å². The summed E-state index contributed by atoms with van der Waals surface area (Å²) >= 11 is 0. The lowest BCUT2D eigenvalue weighted by atomic mass is 9.90. The SMILES string of the molecule is C1=C2C(=CCC1)n1nnnc1NC2c1ccccc1. The molecule has 2 heterocycles. The van der Waals surface area contributed by atoms with E-state index in [4.69, 9.17) is 0 Å². The van der Waals surface area contributed by atoms with Gasteiger partial charge in [-0.1, -0.05) is 47.6 Å². The summed E-state index contributed by atoms with van der Waals surface area (Å²) in [4.78, 5) is 0. The Bertz CT molecular complexity index is 668. The molecule has 1 aliphatic carbocycles. The van der Waals surface area contributed by atoms with Crippen LogP contribution in [0.1, 0.15) is 24.4 Å². The molecule has 0 bridgehead atoms. The van der Waals surface area contributed by atoms with E-state index in [9.17, 15) is 0 Å². The molecule has 1 N–H and O–H groups in total. The van der Waals surface area contributed by atoms with Gasteiger partial charge in [-0.15, -0.1) is 0 Å². The fraction of sp³-hybridized carbons (Fsp3) is 0.214. The molecule has 0 saturated heterocycles. The second-order valence-corrected chi connectivity index (χ2v) is 4.73. The van der Waals surface area contributed by atoms with Crippen LogP contribution in [0, 0.1) is 0 Å². The molecule has 1 aromatic carbocycles. The van der Waals surface area contributed by atoms with Crippen LogP contribution < -0.4 is 5.32 Å². The summed E-state index contributed by atoms with van der Waals surface area (Å²) in [6.07, 6.45) is 6.61. The molecule has 5 heteroatoms. The third-order valence-corrected chi connectivity index (χ3v) is 3.58. The van der Waals surface area contributed by atoms with Gasteiger partial charge in [-0.3, -0.25) is 0 Å². The molecule has 94 valence electrons. The van der Waals surface area contributed by atoms with Gasteiger partial charge in [-0.25, -0.2) is 0 Å². The molecule has 0 saturated carbocycles. The van der Waals surface area contributed by atoms with Crippen LogP contribution >= 0.6 is 0 Å². The van der Waals surface area contributed by atoms with Crippen molar-refractivity contribution in [1.29, 1.82) is 0 Å². The molecular weight excluding hydrogens is 238 g/mol. The van der Waals surface area contributed by atoms with Crippen molar-refractivity contribution >= 4 is 11.6 Å². The highest BCUT2D eigenvalue weighted by Crippen LogP contribution is 2.39. The zero-order chi connectivity index (χ0) is 12.7. The van der Waals surface area contributed by atoms with Crippen molar-refractivity contribution in [2.24, 2.45) is 0 Å². The van der Waals surface area contributed by atoms with Gasteiger partial charge < -0.3 is 5.32 Å². The highest BCUT2D eigenvalue weighted by Gasteiger charge is 2.30. The Balaban J connectivity index is 1.86. The summed E-state index contributed by atoms with van der Waals surface area (Å²) in [5.41, 5.74) is 3.60. The van der Waals surface area contributed by atoms with E-state index >= 15 is 0 Å². The van der Waals surface area contributed by atoms with Crippen molar-refractivity contribution in [1.82, 2.24) is 20.2 Å². The maximum atomic E-state index is 4.05. The molecule has 19 heavy (non-hydrogen) atoms. The number of nitrogens with zero attached hydrogens (tertiary/aromatic N) is 4. The van der Waals surface area contributed by atoms with Crippen molar-refractivity contribution in [3.8, 4) is 0 Å². The van der Waals surface area contributed by atoms with E-state index in [0.29, 0.717) is 5.95 Å². The lowest BCUT2D eigenvalue weighted by Gasteiger charge is -2.30. The molecular formula is C14H13N5. The third-order valence-electron chi connectivity index (χ3n) is 3.58. The number of hydrogen-bond donors (Lipinski definition) is 1. The summed E-state index contributed by atoms with van der Waals surface area (Å²) in [6, 6.07) is 10.5. The summed E-state index contributed by atoms with van der Waals surface area (Å²) in [6.45, 7) is 0. The normalized spacial score (nSPS) is 20.7. The largest absolute Gasteiger partial charge is 0.342 e. The number of rotatable bonds is 1. The standard InChI is InChI=1S/C14H13N5/c1-2-6-10(7-3-1)13-11-8-4-5-9-12(11)19-14(15-13)16-17-18-19/h1-3,6-9,13H,4-5H2,(H,15,16,18). The first-order valence-electron chi connectivity index (χ1n) is 6.44. The summed E-state index contributed by atoms with van der Waals surface area (Å²) in [5.74, 6) is 0.708. The monoisotopic (exact) mass is 251 g/mol. The number of tetrazole rings is 1. The summed E-state index contributed by atoms with van der Waals surface area (Å²) in [7, 11) is 0. The van der Waals surface area contributed by atoms with Gasteiger partial charge in [0.25, 0.3) is 0 Å². The van der Waals surface area contributed by atoms with Crippen LogP contribution in [-0.2, 0) is 0 Å². The summed E-state index contributed by atoms with van der Waals surface area (Å²) < 4.78 is 1.78. The molecule has 1 unspecified atom stereocenters. The van der Waals surface area contributed by atoms with E-state index in [-0.39, 0.29) is 6.04 Å². The molecule has 0 radical (unpaired) electrons. The van der Waals surface area contributed by atoms with E-state index in [1.807, 2.05) is 6.07 Å². The van der Waals surface area contributed by atoms with Crippen molar-refractivity contribution in [3.05, 3.63) is 53.6 Å². The van der Waals surface area contributed by atoms with Crippen LogP contribution in [0.15, 0.2) is 48.1 Å². The summed E-state index contributed by atoms with van der Waals surface area (Å²) in [5, 5.41) is 15.3. The minimum absolute atomic E-state index is 0.131. The topological polar surface area (TPSA) is 55.6 Å². The first kappa shape index (κ1) is 10.5. The first-order chi connectivity index (χ1) is 9.43. The molecule has 4 rings (SSSR count). The van der Waals surface area contributed by atoms with Crippen LogP contribution in [0.5, 0.6) is 0 Å². The Labute approximate surface area is 110 Å². The van der Waals surface area contributed by atoms with E-state index in [1.54, 1.807) is 4.68 Å². The quantitative estimate of drug-likeness (QED) is 0.845. The Kier molecular flexibility index (Phi) is 2.24. The molecule has 0 fully saturated rings. The van der Waals surface area contributed by atoms with Crippen LogP contribution in [0.25, 0.3) is 5.70 Å². The maximum absolute atomic E-state index is 4.05. The first-order valence-corrected chi connectivity index (χ1v) is 6.44. The molecule has 0 spiro atoms. The predicted molar refractivity (Wildman–Crippen MR) is 72.2 cm³/mol. The van der Waals surface area contributed by atoms with Gasteiger partial charge in [0.2, 0.25) is 5.95 Å². The molecule has 0 amide bonds. The Morgan fingerprint density at radius 1 is 1.11 bits per heavy atom. The minimum Gasteiger partial charge on any atom is -0.342 e. The van der Waals surface area contributed by atoms with Gasteiger partial charge in [-0.2, -0.15) is 4.68 Å². The van der Waals surface area contributed by atoms with E-state index in [1.165, 1.54) is 11.1 Å². The third kappa shape index (κ3) is 1.58. The number of aromatic nitrogens is 4. The van der Waals surface area contributed by atoms with Gasteiger partial charge in [0.15, 0.2) is 0 Å². The van der Waals surface area contributed by atoms with Gasteiger partial charge in [-0.05, 0) is 28.8 Å². The zero-order valence-corrected chi connectivity index (χ0v) is 10.3. The van der Waals surface area contributed by atoms with Gasteiger partial charge in [0.05, 0.1) is 11.7 Å². The second-order valence-electron chi connectivity index (χ2n) is 4.73. The lowest BCUT2D eigenvalue weighted by molar-refractivity contribution is 0.748. The van der Waals surface area contributed by atoms with Gasteiger partial charge >= 0.3 is 0 Å². The number of allylic oxidation sites excluding steroid dienone is 2. The molecule has 2 aromatic rings. The van der Waals surface area contributed by atoms with Crippen molar-refractivity contribution < 1.29 is 0 Å². The molecule has 2 aliphatic rings. The molecule has 1 atom stereocenters. The average molecular weight is 251 g/mol. The average Bonchev–Trinajstić information content (AvgIpc) is 2.96. The maximum Gasteiger partial charge on any atom is 0.248 e. The van der Waals surface area contributed by atoms with Gasteiger partial charge in [0, 0.05) is 5.57 Å². The lowest BCUT2D eigenvalue weighted by Crippen LogP contribution is -2.25. The molecule has 1 aliphatic heterocycles. The fourth-order valence-electron chi connectivity index (χ4n) is 2.71. The smallest absolute Gasteiger partial charge is 0.248 e. The molecule has 5 nitrogen and oxygen atoms in total. The second kappa shape index (κ2) is 4.05. The fourth-order valence-corrected chi connectivity index (χ4v) is 2.71. The highest BCUT2D eigenvalue weighted by atomic mass is 15.6. The number of hydrogen-bond acceptors (Lipinski definition) is 4. The van der Waals surface area contributed by atoms with Crippen LogP contribution in [0.3, 0.4) is 0 Å². The van der Waals surface area contributed by atoms with Crippen LogP contribution in [0.4, 0.5) is 5.95 Å². The van der Waals surface area contributed by atoms with Gasteiger partial charge in [0.1, 0.15) is 0 Å². The Morgan fingerprint density at radius 3 is 2.84 bits per heavy atom. The molecule has 1 aromatic heterocycles. The van der Waals surface area contributed by atoms with Crippen LogP contribution in [-0.4, -0.2) is 20.2 Å². The number of anilines is 1. The number of nitrogens with one attached hydrogen (secondary N) is 1. The Hall–Kier alpha value is -2.43. The van der Waals surface area contributed by atoms with E-state index < -0.39 is 0 Å². The number of fused-ring (bicyclic) bond motifs is 3. The minimum atomic E-state index is 0.131. The van der Waals surface area contributed by atoms with Crippen molar-refractivity contribution in [3.63, 3.8) is 0 Å². The zero-order valence-electron chi connectivity index (χ0n) is 10.3. The predicted octanol–water partition coefficient (Wildman–Crippen LogP) is 2.40. The van der Waals surface area contributed by atoms with Crippen molar-refractivity contribution in [2.45, 2.75) is 18.9 Å². The number of benzene rings is 1. The highest BCUT2D eigenvalue weighted by molar-refractivity contribution is 5.74. The van der Waals surface area contributed by atoms with Crippen LogP contribution in [0.2, 0.25) is 0 Å². The van der Waals surface area contributed by atoms with Crippen molar-refractivity contribution in [2.75, 3.05) is 5.32 Å². The van der Waals surface area contributed by atoms with E-state index in [0.717, 1.165) is 18.5 Å². The Morgan fingerprint density at radius 2 is 1.95 bits per heavy atom.